The zero-order valence-electron chi connectivity index (χ0n) is 21.5. The van der Waals surface area contributed by atoms with E-state index in [4.69, 9.17) is 5.73 Å². The van der Waals surface area contributed by atoms with Crippen LogP contribution >= 0.6 is 36.6 Å². The third kappa shape index (κ3) is 6.66. The number of amides is 2. The standard InChI is InChI=1S/C26H23F6N5O2S.2ClH/c27-25(28,29)16-3-1-4-17(26(30,31)32)21(16)22(23(33)38)36-9-7-14(8-10-36)12-35-24(39)18-11-15-13-34-19-5-2-6-20(40-18)37(15)19;;/h1-6,11,13-14,22H,7-10,12H2,(H2,33,38)(H,35,39);2*1H. The second-order valence-corrected chi connectivity index (χ2v) is 10.7. The van der Waals surface area contributed by atoms with Gasteiger partial charge in [0.25, 0.3) is 5.91 Å². The monoisotopic (exact) mass is 655 g/mol. The van der Waals surface area contributed by atoms with E-state index in [-0.39, 0.29) is 56.3 Å². The fourth-order valence-electron chi connectivity index (χ4n) is 5.20. The lowest BCUT2D eigenvalue weighted by Gasteiger charge is -2.38. The van der Waals surface area contributed by atoms with E-state index in [2.05, 4.69) is 10.3 Å². The SMILES string of the molecule is Cl.Cl.NC(=O)C(c1c(C(F)(F)F)cccc1C(F)(F)F)N1CCC(CNC(=O)C2=Cc3cnc4cccc(n34)S2)CC1. The number of imidazole rings is 1. The summed E-state index contributed by atoms with van der Waals surface area (Å²) < 4.78 is 84.3. The molecule has 1 unspecified atom stereocenters. The third-order valence-electron chi connectivity index (χ3n) is 7.06. The van der Waals surface area contributed by atoms with Crippen molar-refractivity contribution < 1.29 is 35.9 Å². The van der Waals surface area contributed by atoms with Gasteiger partial charge in [0.05, 0.1) is 32.9 Å². The summed E-state index contributed by atoms with van der Waals surface area (Å²) >= 11 is 1.29. The molecule has 2 aliphatic rings. The maximum Gasteiger partial charge on any atom is 0.416 e. The van der Waals surface area contributed by atoms with E-state index in [0.717, 1.165) is 16.4 Å². The molecule has 7 nitrogen and oxygen atoms in total. The average molecular weight is 656 g/mol. The zero-order valence-corrected chi connectivity index (χ0v) is 24.0. The molecule has 228 valence electrons. The number of primary amides is 1. The van der Waals surface area contributed by atoms with Crippen molar-refractivity contribution in [3.8, 4) is 0 Å². The van der Waals surface area contributed by atoms with E-state index >= 15 is 0 Å². The lowest BCUT2D eigenvalue weighted by atomic mass is 9.89. The van der Waals surface area contributed by atoms with E-state index in [0.29, 0.717) is 35.9 Å². The number of pyridine rings is 1. The van der Waals surface area contributed by atoms with Crippen LogP contribution in [0.4, 0.5) is 26.3 Å². The fraction of sp³-hybridized carbons (Fsp3) is 0.346. The van der Waals surface area contributed by atoms with Gasteiger partial charge in [-0.15, -0.1) is 24.8 Å². The van der Waals surface area contributed by atoms with E-state index < -0.39 is 41.0 Å². The van der Waals surface area contributed by atoms with Crippen molar-refractivity contribution in [2.45, 2.75) is 36.3 Å². The summed E-state index contributed by atoms with van der Waals surface area (Å²) in [6.07, 6.45) is -6.19. The van der Waals surface area contributed by atoms with Crippen LogP contribution in [0.1, 0.15) is 41.3 Å². The van der Waals surface area contributed by atoms with E-state index in [1.165, 1.54) is 16.7 Å². The number of rotatable bonds is 6. The molecule has 3 N–H and O–H groups in total. The first-order chi connectivity index (χ1) is 18.8. The Morgan fingerprint density at radius 2 is 1.60 bits per heavy atom. The Labute approximate surface area is 252 Å². The maximum atomic E-state index is 13.7. The van der Waals surface area contributed by atoms with Crippen molar-refractivity contribution in [1.82, 2.24) is 19.6 Å². The molecule has 5 rings (SSSR count). The van der Waals surface area contributed by atoms with Crippen LogP contribution in [-0.4, -0.2) is 45.7 Å². The molecule has 3 aromatic rings. The van der Waals surface area contributed by atoms with Crippen molar-refractivity contribution in [2.75, 3.05) is 19.6 Å². The van der Waals surface area contributed by atoms with Crippen LogP contribution in [0.15, 0.2) is 52.5 Å². The number of hydrogen-bond acceptors (Lipinski definition) is 5. The Morgan fingerprint density at radius 1 is 1.00 bits per heavy atom. The highest BCUT2D eigenvalue weighted by molar-refractivity contribution is 8.04. The molecule has 16 heteroatoms. The molecule has 0 aliphatic carbocycles. The van der Waals surface area contributed by atoms with Crippen molar-refractivity contribution in [1.29, 1.82) is 0 Å². The Balaban J connectivity index is 0.00000242. The zero-order chi connectivity index (χ0) is 28.8. The number of nitrogens with two attached hydrogens (primary N) is 1. The van der Waals surface area contributed by atoms with Gasteiger partial charge in [0.2, 0.25) is 5.91 Å². The summed E-state index contributed by atoms with van der Waals surface area (Å²) in [5.74, 6) is -1.71. The Morgan fingerprint density at radius 3 is 2.17 bits per heavy atom. The first-order valence-electron chi connectivity index (χ1n) is 12.3. The molecule has 1 aromatic carbocycles. The van der Waals surface area contributed by atoms with Gasteiger partial charge in [0.1, 0.15) is 11.7 Å². The average Bonchev–Trinajstić information content (AvgIpc) is 3.31. The van der Waals surface area contributed by atoms with Gasteiger partial charge in [-0.1, -0.05) is 23.9 Å². The molecule has 4 heterocycles. The van der Waals surface area contributed by atoms with Crippen LogP contribution in [0.2, 0.25) is 0 Å². The van der Waals surface area contributed by atoms with E-state index in [1.807, 2.05) is 22.6 Å². The summed E-state index contributed by atoms with van der Waals surface area (Å²) in [6.45, 7) is 0.300. The fourth-order valence-corrected chi connectivity index (χ4v) is 6.20. The molecule has 42 heavy (non-hydrogen) atoms. The quantitative estimate of drug-likeness (QED) is 0.332. The summed E-state index contributed by atoms with van der Waals surface area (Å²) in [5.41, 5.74) is 2.65. The number of hydrogen-bond donors (Lipinski definition) is 2. The van der Waals surface area contributed by atoms with Crippen LogP contribution in [-0.2, 0) is 21.9 Å². The highest BCUT2D eigenvalue weighted by Crippen LogP contribution is 2.44. The van der Waals surface area contributed by atoms with Gasteiger partial charge in [-0.2, -0.15) is 26.3 Å². The highest BCUT2D eigenvalue weighted by Gasteiger charge is 2.45. The number of thioether (sulfide) groups is 1. The van der Waals surface area contributed by atoms with Crippen LogP contribution in [0, 0.1) is 5.92 Å². The van der Waals surface area contributed by atoms with E-state index in [1.54, 1.807) is 12.3 Å². The molecule has 2 aromatic heterocycles. The van der Waals surface area contributed by atoms with Crippen LogP contribution < -0.4 is 11.1 Å². The van der Waals surface area contributed by atoms with Gasteiger partial charge >= 0.3 is 12.4 Å². The molecule has 0 bridgehead atoms. The molecule has 1 fully saturated rings. The molecule has 0 saturated carbocycles. The minimum atomic E-state index is -5.12. The Hall–Kier alpha value is -2.94. The lowest BCUT2D eigenvalue weighted by molar-refractivity contribution is -0.146. The molecular weight excluding hydrogens is 631 g/mol. The minimum absolute atomic E-state index is 0. The molecule has 2 amide bonds. The molecule has 0 radical (unpaired) electrons. The Kier molecular flexibility index (Phi) is 10.2. The molecule has 1 atom stereocenters. The maximum absolute atomic E-state index is 13.7. The number of halogens is 8. The highest BCUT2D eigenvalue weighted by atomic mass is 35.5. The lowest BCUT2D eigenvalue weighted by Crippen LogP contribution is -2.45. The topological polar surface area (TPSA) is 92.7 Å². The van der Waals surface area contributed by atoms with Gasteiger partial charge < -0.3 is 11.1 Å². The van der Waals surface area contributed by atoms with Gasteiger partial charge in [0, 0.05) is 12.1 Å². The van der Waals surface area contributed by atoms with Crippen molar-refractivity contribution in [2.24, 2.45) is 11.7 Å². The number of piperidine rings is 1. The summed E-state index contributed by atoms with van der Waals surface area (Å²) in [4.78, 5) is 31.3. The molecule has 2 aliphatic heterocycles. The molecule has 0 spiro atoms. The second-order valence-electron chi connectivity index (χ2n) is 9.61. The predicted molar refractivity (Wildman–Crippen MR) is 149 cm³/mol. The largest absolute Gasteiger partial charge is 0.416 e. The third-order valence-corrected chi connectivity index (χ3v) is 8.11. The van der Waals surface area contributed by atoms with Gasteiger partial charge in [-0.05, 0) is 62.2 Å². The van der Waals surface area contributed by atoms with Gasteiger partial charge in [0.15, 0.2) is 0 Å². The second kappa shape index (κ2) is 12.7. The number of benzene rings is 1. The number of nitrogens with zero attached hydrogens (tertiary/aromatic N) is 3. The number of likely N-dealkylation sites (tertiary alicyclic amines) is 1. The number of carbonyl (C=O) groups is 2. The Bertz CT molecular complexity index is 1470. The van der Waals surface area contributed by atoms with Crippen molar-refractivity contribution >= 4 is 60.1 Å². The number of nitrogens with one attached hydrogen (secondary N) is 1. The normalized spacial score (nSPS) is 16.7. The predicted octanol–water partition coefficient (Wildman–Crippen LogP) is 5.72. The van der Waals surface area contributed by atoms with E-state index in [9.17, 15) is 35.9 Å². The van der Waals surface area contributed by atoms with Crippen LogP contribution in [0.25, 0.3) is 11.7 Å². The smallest absolute Gasteiger partial charge is 0.368 e. The summed E-state index contributed by atoms with van der Waals surface area (Å²) in [5, 5.41) is 3.70. The van der Waals surface area contributed by atoms with Crippen molar-refractivity contribution in [3.63, 3.8) is 0 Å². The molecular formula is C26H25Cl2F6N5O2S. The number of carbonyl (C=O) groups excluding carboxylic acids is 2. The van der Waals surface area contributed by atoms with Gasteiger partial charge in [-0.3, -0.25) is 18.9 Å². The minimum Gasteiger partial charge on any atom is -0.368 e. The van der Waals surface area contributed by atoms with Gasteiger partial charge in [-0.25, -0.2) is 4.98 Å². The summed E-state index contributed by atoms with van der Waals surface area (Å²) in [6, 6.07) is 5.36. The molecule has 1 saturated heterocycles. The van der Waals surface area contributed by atoms with Crippen LogP contribution in [0.5, 0.6) is 0 Å². The summed E-state index contributed by atoms with van der Waals surface area (Å²) in [7, 11) is 0. The first-order valence-corrected chi connectivity index (χ1v) is 13.1. The van der Waals surface area contributed by atoms with Crippen molar-refractivity contribution in [3.05, 3.63) is 69.9 Å². The first kappa shape index (κ1) is 33.6. The number of alkyl halides is 6. The van der Waals surface area contributed by atoms with Crippen LogP contribution in [0.3, 0.4) is 0 Å². The number of aromatic nitrogens is 2.